The van der Waals surface area contributed by atoms with E-state index in [0.717, 1.165) is 52.6 Å². The minimum absolute atomic E-state index is 0.664. The van der Waals surface area contributed by atoms with Gasteiger partial charge in [0, 0.05) is 0 Å². The van der Waals surface area contributed by atoms with Gasteiger partial charge in [0.2, 0.25) is 7.56 Å². The first-order chi connectivity index (χ1) is 10.4. The Morgan fingerprint density at radius 2 is 1.33 bits per heavy atom. The SMILES string of the molecule is ClC[P+](c1ccccc1)(N1CCOCC1)N1CCOCC1. The number of ether oxygens (including phenoxy) is 2. The highest BCUT2D eigenvalue weighted by Gasteiger charge is 2.53. The molecule has 116 valence electrons. The van der Waals surface area contributed by atoms with Gasteiger partial charge in [-0.25, -0.2) is 0 Å². The Labute approximate surface area is 132 Å². The Bertz CT molecular complexity index is 419. The van der Waals surface area contributed by atoms with Crippen molar-refractivity contribution in [1.29, 1.82) is 0 Å². The molecular formula is C15H23ClN2O2P+. The van der Waals surface area contributed by atoms with E-state index in [4.69, 9.17) is 21.1 Å². The van der Waals surface area contributed by atoms with Crippen molar-refractivity contribution in [2.24, 2.45) is 0 Å². The summed E-state index contributed by atoms with van der Waals surface area (Å²) in [7, 11) is -1.71. The molecule has 0 bridgehead atoms. The van der Waals surface area contributed by atoms with Crippen LogP contribution in [-0.4, -0.2) is 67.6 Å². The fourth-order valence-electron chi connectivity index (χ4n) is 3.16. The molecule has 2 saturated heterocycles. The highest BCUT2D eigenvalue weighted by molar-refractivity contribution is 7.79. The summed E-state index contributed by atoms with van der Waals surface area (Å²) in [6.45, 7) is 7.07. The molecule has 0 saturated carbocycles. The fourth-order valence-corrected chi connectivity index (χ4v) is 8.23. The Balaban J connectivity index is 1.98. The second-order valence-electron chi connectivity index (χ2n) is 5.32. The molecule has 0 spiro atoms. The van der Waals surface area contributed by atoms with Gasteiger partial charge >= 0.3 is 0 Å². The molecule has 21 heavy (non-hydrogen) atoms. The number of nitrogens with zero attached hydrogens (tertiary/aromatic N) is 2. The van der Waals surface area contributed by atoms with Crippen molar-refractivity contribution in [3.63, 3.8) is 0 Å². The molecule has 2 aliphatic rings. The number of rotatable bonds is 4. The molecule has 6 heteroatoms. The standard InChI is InChI=1S/C15H23ClN2O2P/c16-14-21(15-4-2-1-3-5-15,17-6-10-19-11-7-17)18-8-12-20-13-9-18/h1-5H,6-14H2/q+1. The van der Waals surface area contributed by atoms with Crippen LogP contribution in [0.2, 0.25) is 0 Å². The highest BCUT2D eigenvalue weighted by atomic mass is 35.5. The number of hydrogen-bond acceptors (Lipinski definition) is 4. The van der Waals surface area contributed by atoms with Crippen molar-refractivity contribution >= 4 is 24.5 Å². The van der Waals surface area contributed by atoms with Gasteiger partial charge in [-0.05, 0) is 12.1 Å². The Morgan fingerprint density at radius 1 is 0.857 bits per heavy atom. The molecule has 0 aliphatic carbocycles. The molecule has 0 atom stereocenters. The van der Waals surface area contributed by atoms with Crippen LogP contribution in [-0.2, 0) is 9.47 Å². The topological polar surface area (TPSA) is 24.9 Å². The van der Waals surface area contributed by atoms with Gasteiger partial charge in [0.1, 0.15) is 5.30 Å². The summed E-state index contributed by atoms with van der Waals surface area (Å²) in [6.07, 6.45) is 0. The molecule has 4 nitrogen and oxygen atoms in total. The van der Waals surface area contributed by atoms with Crippen molar-refractivity contribution in [1.82, 2.24) is 9.34 Å². The molecule has 2 fully saturated rings. The van der Waals surface area contributed by atoms with Crippen LogP contribution in [0.3, 0.4) is 0 Å². The van der Waals surface area contributed by atoms with Crippen LogP contribution in [0.1, 0.15) is 0 Å². The lowest BCUT2D eigenvalue weighted by atomic mass is 10.4. The summed E-state index contributed by atoms with van der Waals surface area (Å²) >= 11 is 6.61. The summed E-state index contributed by atoms with van der Waals surface area (Å²) in [5.74, 6) is 0. The molecule has 0 aromatic heterocycles. The maximum absolute atomic E-state index is 6.61. The van der Waals surface area contributed by atoms with Crippen LogP contribution in [0.25, 0.3) is 0 Å². The highest BCUT2D eigenvalue weighted by Crippen LogP contribution is 2.64. The van der Waals surface area contributed by atoms with E-state index in [2.05, 4.69) is 39.7 Å². The number of halogens is 1. The monoisotopic (exact) mass is 329 g/mol. The molecule has 0 radical (unpaired) electrons. The van der Waals surface area contributed by atoms with Crippen LogP contribution in [0.15, 0.2) is 30.3 Å². The van der Waals surface area contributed by atoms with Gasteiger partial charge < -0.3 is 9.47 Å². The normalized spacial score (nSPS) is 22.3. The van der Waals surface area contributed by atoms with E-state index >= 15 is 0 Å². The molecule has 2 heterocycles. The Kier molecular flexibility index (Phi) is 5.49. The van der Waals surface area contributed by atoms with Crippen LogP contribution >= 0.6 is 19.2 Å². The second kappa shape index (κ2) is 7.36. The Morgan fingerprint density at radius 3 is 1.76 bits per heavy atom. The zero-order valence-electron chi connectivity index (χ0n) is 12.3. The van der Waals surface area contributed by atoms with E-state index in [-0.39, 0.29) is 0 Å². The molecule has 2 aliphatic heterocycles. The lowest BCUT2D eigenvalue weighted by molar-refractivity contribution is 0.0568. The predicted molar refractivity (Wildman–Crippen MR) is 88.5 cm³/mol. The van der Waals surface area contributed by atoms with Crippen LogP contribution in [0, 0.1) is 0 Å². The van der Waals surface area contributed by atoms with Crippen molar-refractivity contribution in [3.05, 3.63) is 30.3 Å². The second-order valence-corrected chi connectivity index (χ2v) is 9.38. The van der Waals surface area contributed by atoms with E-state index in [1.165, 1.54) is 5.30 Å². The van der Waals surface area contributed by atoms with Crippen molar-refractivity contribution in [3.8, 4) is 0 Å². The van der Waals surface area contributed by atoms with Crippen molar-refractivity contribution in [2.75, 3.05) is 58.2 Å². The number of morpholine rings is 2. The van der Waals surface area contributed by atoms with Gasteiger partial charge in [-0.2, -0.15) is 9.34 Å². The first-order valence-electron chi connectivity index (χ1n) is 7.54. The maximum Gasteiger partial charge on any atom is 0.201 e. The molecular weight excluding hydrogens is 307 g/mol. The van der Waals surface area contributed by atoms with Crippen molar-refractivity contribution in [2.45, 2.75) is 0 Å². The zero-order chi connectivity index (χ0) is 14.5. The lowest BCUT2D eigenvalue weighted by Gasteiger charge is -2.44. The smallest absolute Gasteiger partial charge is 0.201 e. The predicted octanol–water partition coefficient (Wildman–Crippen LogP) is 2.02. The lowest BCUT2D eigenvalue weighted by Crippen LogP contribution is -2.50. The average Bonchev–Trinajstić information content (AvgIpc) is 2.59. The van der Waals surface area contributed by atoms with Gasteiger partial charge in [0.25, 0.3) is 0 Å². The number of benzene rings is 1. The first-order valence-corrected chi connectivity index (χ1v) is 9.95. The summed E-state index contributed by atoms with van der Waals surface area (Å²) in [5.41, 5.74) is 0.664. The van der Waals surface area contributed by atoms with Gasteiger partial charge in [0.15, 0.2) is 5.62 Å². The van der Waals surface area contributed by atoms with E-state index in [9.17, 15) is 0 Å². The van der Waals surface area contributed by atoms with E-state index in [1.807, 2.05) is 0 Å². The zero-order valence-corrected chi connectivity index (χ0v) is 13.9. The summed E-state index contributed by atoms with van der Waals surface area (Å²) in [4.78, 5) is 0. The average molecular weight is 330 g/mol. The number of hydrogen-bond donors (Lipinski definition) is 0. The molecule has 1 aromatic rings. The Hall–Kier alpha value is -0.220. The van der Waals surface area contributed by atoms with E-state index in [0.29, 0.717) is 5.62 Å². The third-order valence-corrected chi connectivity index (χ3v) is 9.38. The van der Waals surface area contributed by atoms with Gasteiger partial charge in [-0.1, -0.05) is 29.8 Å². The molecule has 1 aromatic carbocycles. The molecule has 0 unspecified atom stereocenters. The molecule has 3 rings (SSSR count). The van der Waals surface area contributed by atoms with Crippen LogP contribution in [0.5, 0.6) is 0 Å². The maximum atomic E-state index is 6.61. The van der Waals surface area contributed by atoms with Gasteiger partial charge in [0.05, 0.1) is 52.6 Å². The molecule has 0 amide bonds. The minimum atomic E-state index is -1.71. The number of alkyl halides is 1. The van der Waals surface area contributed by atoms with Gasteiger partial charge in [-0.15, -0.1) is 0 Å². The quantitative estimate of drug-likeness (QED) is 0.623. The first kappa shape index (κ1) is 15.7. The van der Waals surface area contributed by atoms with Crippen LogP contribution < -0.4 is 5.30 Å². The van der Waals surface area contributed by atoms with E-state index < -0.39 is 7.56 Å². The summed E-state index contributed by atoms with van der Waals surface area (Å²) in [5, 5.41) is 1.38. The van der Waals surface area contributed by atoms with Gasteiger partial charge in [-0.3, -0.25) is 0 Å². The van der Waals surface area contributed by atoms with E-state index in [1.54, 1.807) is 0 Å². The third-order valence-electron chi connectivity index (χ3n) is 4.25. The largest absolute Gasteiger partial charge is 0.378 e. The summed E-state index contributed by atoms with van der Waals surface area (Å²) in [6, 6.07) is 10.8. The fraction of sp³-hybridized carbons (Fsp3) is 0.600. The summed E-state index contributed by atoms with van der Waals surface area (Å²) < 4.78 is 16.3. The van der Waals surface area contributed by atoms with Crippen molar-refractivity contribution < 1.29 is 9.47 Å². The van der Waals surface area contributed by atoms with Crippen LogP contribution in [0.4, 0.5) is 0 Å². The third kappa shape index (κ3) is 3.12. The molecule has 0 N–H and O–H groups in total. The minimum Gasteiger partial charge on any atom is -0.378 e.